The van der Waals surface area contributed by atoms with Crippen molar-refractivity contribution < 1.29 is 222 Å². The van der Waals surface area contributed by atoms with Gasteiger partial charge in [-0.25, -0.2) is 0 Å². The third-order valence-corrected chi connectivity index (χ3v) is 20.0. The molecule has 0 saturated carbocycles. The van der Waals surface area contributed by atoms with E-state index in [9.17, 15) is 142 Å². The molecule has 49 nitrogen and oxygen atoms in total. The average Bonchev–Trinajstić information content (AvgIpc) is 1.06. The Morgan fingerprint density at radius 3 is 0.955 bits per heavy atom. The van der Waals surface area contributed by atoms with E-state index in [2.05, 4.69) is 21.3 Å². The van der Waals surface area contributed by atoms with Crippen molar-refractivity contribution >= 4 is 23.6 Å². The normalized spacial score (nSPS) is 48.8. The van der Waals surface area contributed by atoms with Gasteiger partial charge >= 0.3 is 0 Å². The summed E-state index contributed by atoms with van der Waals surface area (Å²) in [5, 5.41) is 276. The van der Waals surface area contributed by atoms with Crippen LogP contribution in [-0.2, 0) is 99.7 Å². The van der Waals surface area contributed by atoms with Crippen molar-refractivity contribution in [2.45, 2.75) is 298 Å². The maximum Gasteiger partial charge on any atom is 0.217 e. The quantitative estimate of drug-likeness (QED) is 0.0331. The van der Waals surface area contributed by atoms with Crippen LogP contribution in [0.2, 0.25) is 0 Å². The van der Waals surface area contributed by atoms with Crippen LogP contribution in [0.25, 0.3) is 0 Å². The minimum atomic E-state index is -2.54. The molecule has 9 heterocycles. The fourth-order valence-electron chi connectivity index (χ4n) is 14.2. The lowest BCUT2D eigenvalue weighted by atomic mass is 9.93. The Morgan fingerprint density at radius 2 is 0.518 bits per heavy atom. The van der Waals surface area contributed by atoms with Gasteiger partial charge in [-0.05, 0) is 0 Å². The summed E-state index contributed by atoms with van der Waals surface area (Å²) in [4.78, 5) is 51.3. The van der Waals surface area contributed by atoms with Gasteiger partial charge in [-0.15, -0.1) is 0 Å². The first-order valence-electron chi connectivity index (χ1n) is 35.0. The smallest absolute Gasteiger partial charge is 0.217 e. The highest BCUT2D eigenvalue weighted by molar-refractivity contribution is 5.74. The number of rotatable bonds is 29. The van der Waals surface area contributed by atoms with Gasteiger partial charge in [-0.1, -0.05) is 0 Å². The van der Waals surface area contributed by atoms with Crippen LogP contribution in [-0.4, -0.2) is 476 Å². The highest BCUT2D eigenvalue weighted by Gasteiger charge is 2.62. The van der Waals surface area contributed by atoms with Crippen molar-refractivity contribution in [3.63, 3.8) is 0 Å². The lowest BCUT2D eigenvalue weighted by Crippen LogP contribution is -2.71. The van der Waals surface area contributed by atoms with Gasteiger partial charge in [0, 0.05) is 27.7 Å². The van der Waals surface area contributed by atoms with Crippen LogP contribution in [0.5, 0.6) is 0 Å². The Balaban J connectivity index is 1.14. The van der Waals surface area contributed by atoms with E-state index in [0.717, 1.165) is 27.7 Å². The van der Waals surface area contributed by atoms with Gasteiger partial charge in [0.1, 0.15) is 213 Å². The largest absolute Gasteiger partial charge is 0.394 e. The minimum absolute atomic E-state index is 0.857. The monoisotopic (exact) mass is 1610 g/mol. The third kappa shape index (κ3) is 19.7. The summed E-state index contributed by atoms with van der Waals surface area (Å²) in [5.74, 6) is -3.67. The summed E-state index contributed by atoms with van der Waals surface area (Å²) in [6.07, 6.45) is -84.5. The van der Waals surface area contributed by atoms with Gasteiger partial charge in [0.15, 0.2) is 56.6 Å². The van der Waals surface area contributed by atoms with Crippen LogP contribution < -0.4 is 21.3 Å². The lowest BCUT2D eigenvalue weighted by Gasteiger charge is -2.52. The number of carbonyl (C=O) groups excluding carboxylic acids is 4. The highest BCUT2D eigenvalue weighted by atomic mass is 16.8. The maximum absolute atomic E-state index is 13.4. The first kappa shape index (κ1) is 90.2. The predicted octanol–water partition coefficient (Wildman–Crippen LogP) is -19.4. The van der Waals surface area contributed by atoms with E-state index < -0.39 is 353 Å². The van der Waals surface area contributed by atoms with Crippen LogP contribution in [0.4, 0.5) is 0 Å². The number of aliphatic hydroxyl groups is 24. The van der Waals surface area contributed by atoms with Crippen LogP contribution >= 0.6 is 0 Å². The molecule has 44 atom stereocenters. The van der Waals surface area contributed by atoms with E-state index in [1.807, 2.05) is 0 Å². The molecule has 9 aliphatic rings. The van der Waals surface area contributed by atoms with E-state index in [0.29, 0.717) is 0 Å². The van der Waals surface area contributed by atoms with E-state index >= 15 is 0 Å². The third-order valence-electron chi connectivity index (χ3n) is 20.0. The molecule has 9 fully saturated rings. The molecule has 0 aromatic carbocycles. The fraction of sp³-hybridized carbons (Fsp3) is 0.934. The molecule has 28 N–H and O–H groups in total. The second-order valence-electron chi connectivity index (χ2n) is 27.7. The molecular formula is C61H102N4O45. The van der Waals surface area contributed by atoms with E-state index in [4.69, 9.17) is 80.5 Å². The standard InChI is InChI=1S/C61H102N4O45/c1-14(74)62-27-38(85)31(78)18(5-66)96-54(27)108-50-42(89)34(81)21(8-69)100-59(50)94-13-26-37(84)49(107-60-51(43(90)35(82)22(9-70)101-60)109-55-28(63-15(2)75)39(86)32(79)19(6-67)97-55)52(110-57-44(91)36(83)23(10-71)99-57)61(103-26)104-46-24(11-72)102-56(29(40(46)87)64-16(3)76)105-47-25(12-73)95-53(93)30(65-17(4)77)48(47)106-58-45(92)41(88)33(80)20(7-68)98-58/h18-61,66-73,78-93H,5-13H2,1-4H3,(H,62,74)(H,63,75)(H,64,76)(H,65,77)/t18-,19-,20-,21-,22-,23-,24-,25-,26-,27-,28-,29-,30-,31-,32-,33+,34-,35-,36+,37-,38-,39-,40-,41+,42+,43+,44-,45-,46-,47-,48-,49+,50+,51+,52+,53?,54+,55+,56+,57+,58-,59+,60-,61+/m1/s1. The molecular weight excluding hydrogens is 1510 g/mol. The first-order valence-corrected chi connectivity index (χ1v) is 35.0. The fourth-order valence-corrected chi connectivity index (χ4v) is 14.2. The molecule has 9 rings (SSSR count). The number of hydrogen-bond acceptors (Lipinski definition) is 45. The van der Waals surface area contributed by atoms with Crippen molar-refractivity contribution in [3.8, 4) is 0 Å². The molecule has 110 heavy (non-hydrogen) atoms. The Bertz CT molecular complexity index is 2920. The number of nitrogens with one attached hydrogen (secondary N) is 4. The van der Waals surface area contributed by atoms with Crippen LogP contribution in [0, 0.1) is 0 Å². The molecule has 0 radical (unpaired) electrons. The zero-order valence-corrected chi connectivity index (χ0v) is 59.1. The molecule has 0 bridgehead atoms. The summed E-state index contributed by atoms with van der Waals surface area (Å²) < 4.78 is 103. The van der Waals surface area contributed by atoms with Crippen LogP contribution in [0.3, 0.4) is 0 Å². The van der Waals surface area contributed by atoms with Crippen molar-refractivity contribution in [2.24, 2.45) is 0 Å². The Kier molecular flexibility index (Phi) is 32.3. The minimum Gasteiger partial charge on any atom is -0.394 e. The number of hydrogen-bond donors (Lipinski definition) is 28. The van der Waals surface area contributed by atoms with Gasteiger partial charge in [-0.3, -0.25) is 19.2 Å². The molecule has 9 saturated heterocycles. The molecule has 636 valence electrons. The predicted molar refractivity (Wildman–Crippen MR) is 337 cm³/mol. The molecule has 0 aromatic rings. The zero-order valence-electron chi connectivity index (χ0n) is 59.1. The number of amides is 4. The molecule has 49 heteroatoms. The second-order valence-corrected chi connectivity index (χ2v) is 27.7. The number of carbonyl (C=O) groups is 4. The number of aliphatic hydroxyl groups excluding tert-OH is 24. The van der Waals surface area contributed by atoms with Gasteiger partial charge < -0.3 is 224 Å². The molecule has 1 unspecified atom stereocenters. The van der Waals surface area contributed by atoms with E-state index in [1.165, 1.54) is 0 Å². The molecule has 0 spiro atoms. The SMILES string of the molecule is CC(=O)N[C@H]1[C@H](O[C@H]2[C@H](O[C@H]3O[C@H](CO)[C@H](O)[C@H](O)[C@H]3O)[C@@H](NC(C)=O)C(O)O[C@@H]2CO)O[C@H](CO)[C@@H](O[C@@H]2O[C@H](CO[C@H]3O[C@H](CO)[C@@H](O)[C@H](O)[C@@H]3O[C@@H]3O[C@H](CO)[C@@H](O)[C@H](O)[C@H]3NC(C)=O)[C@@H](O)[C@H](O[C@H]3O[C@H](CO)[C@@H](O)[C@H](O)[C@@H]3O[C@@H]3O[C@H](CO)[C@@H](O)[C@H](O)[C@H]3NC(C)=O)[C@@H]2O[C@@H]2O[C@H](CO)[C@H](O)[C@H]2O)[C@@H]1O. The van der Waals surface area contributed by atoms with Crippen LogP contribution in [0.1, 0.15) is 27.7 Å². The lowest BCUT2D eigenvalue weighted by molar-refractivity contribution is -0.407. The Labute approximate surface area is 622 Å². The summed E-state index contributed by atoms with van der Waals surface area (Å²) >= 11 is 0. The van der Waals surface area contributed by atoms with Crippen molar-refractivity contribution in [2.75, 3.05) is 59.5 Å². The van der Waals surface area contributed by atoms with Crippen molar-refractivity contribution in [3.05, 3.63) is 0 Å². The molecule has 0 aromatic heterocycles. The summed E-state index contributed by atoms with van der Waals surface area (Å²) in [6, 6.07) is -7.51. The molecule has 4 amide bonds. The average molecular weight is 1610 g/mol. The second kappa shape index (κ2) is 39.5. The van der Waals surface area contributed by atoms with Crippen molar-refractivity contribution in [1.29, 1.82) is 0 Å². The Morgan fingerprint density at radius 1 is 0.236 bits per heavy atom. The maximum atomic E-state index is 13.4. The van der Waals surface area contributed by atoms with Gasteiger partial charge in [0.05, 0.1) is 59.5 Å². The highest BCUT2D eigenvalue weighted by Crippen LogP contribution is 2.41. The van der Waals surface area contributed by atoms with Crippen LogP contribution in [0.15, 0.2) is 0 Å². The Hall–Kier alpha value is -3.76. The molecule has 9 aliphatic heterocycles. The van der Waals surface area contributed by atoms with Gasteiger partial charge in [0.2, 0.25) is 23.6 Å². The van der Waals surface area contributed by atoms with E-state index in [-0.39, 0.29) is 0 Å². The summed E-state index contributed by atoms with van der Waals surface area (Å²) in [5.41, 5.74) is 0. The zero-order chi connectivity index (χ0) is 80.9. The summed E-state index contributed by atoms with van der Waals surface area (Å²) in [7, 11) is 0. The topological polar surface area (TPSA) is 759 Å². The van der Waals surface area contributed by atoms with Gasteiger partial charge in [0.25, 0.3) is 0 Å². The van der Waals surface area contributed by atoms with Gasteiger partial charge in [-0.2, -0.15) is 0 Å². The van der Waals surface area contributed by atoms with E-state index in [1.54, 1.807) is 0 Å². The number of ether oxygens (including phenoxy) is 17. The van der Waals surface area contributed by atoms with Crippen molar-refractivity contribution in [1.82, 2.24) is 21.3 Å². The molecule has 0 aliphatic carbocycles. The summed E-state index contributed by atoms with van der Waals surface area (Å²) in [6.45, 7) is -6.20. The first-order chi connectivity index (χ1) is 52.1.